The summed E-state index contributed by atoms with van der Waals surface area (Å²) >= 11 is 0. The maximum Gasteiger partial charge on any atom is 0.323 e. The lowest BCUT2D eigenvalue weighted by Crippen LogP contribution is -2.46. The van der Waals surface area contributed by atoms with Crippen LogP contribution in [0.2, 0.25) is 0 Å². The predicted octanol–water partition coefficient (Wildman–Crippen LogP) is 3.18. The Morgan fingerprint density at radius 1 is 1.07 bits per heavy atom. The van der Waals surface area contributed by atoms with Gasteiger partial charge in [-0.15, -0.1) is 0 Å². The van der Waals surface area contributed by atoms with E-state index in [0.717, 1.165) is 28.3 Å². The fraction of sp³-hybridized carbons (Fsp3) is 0.304. The summed E-state index contributed by atoms with van der Waals surface area (Å²) < 4.78 is 25.6. The summed E-state index contributed by atoms with van der Waals surface area (Å²) in [5.41, 5.74) is 4.06. The molecule has 0 saturated heterocycles. The molecule has 30 heavy (non-hydrogen) atoms. The van der Waals surface area contributed by atoms with Crippen molar-refractivity contribution in [3.8, 4) is 5.75 Å². The second kappa shape index (κ2) is 8.67. The fourth-order valence-electron chi connectivity index (χ4n) is 3.84. The van der Waals surface area contributed by atoms with E-state index in [-0.39, 0.29) is 11.8 Å². The Morgan fingerprint density at radius 2 is 1.73 bits per heavy atom. The zero-order valence-electron chi connectivity index (χ0n) is 17.0. The third kappa shape index (κ3) is 4.21. The van der Waals surface area contributed by atoms with Gasteiger partial charge >= 0.3 is 5.97 Å². The average molecular weight is 409 g/mol. The van der Waals surface area contributed by atoms with E-state index in [2.05, 4.69) is 14.5 Å². The summed E-state index contributed by atoms with van der Waals surface area (Å²) in [7, 11) is 3.05. The molecule has 0 N–H and O–H groups in total. The van der Waals surface area contributed by atoms with E-state index in [1.54, 1.807) is 19.2 Å². The molecule has 1 aromatic heterocycles. The van der Waals surface area contributed by atoms with Crippen LogP contribution in [0.3, 0.4) is 0 Å². The van der Waals surface area contributed by atoms with Gasteiger partial charge < -0.3 is 14.0 Å². The van der Waals surface area contributed by atoms with E-state index in [1.807, 2.05) is 30.6 Å². The number of ether oxygens (including phenoxy) is 2. The van der Waals surface area contributed by atoms with Crippen LogP contribution < -0.4 is 4.74 Å². The summed E-state index contributed by atoms with van der Waals surface area (Å²) in [6.45, 7) is 1.76. The van der Waals surface area contributed by atoms with Crippen molar-refractivity contribution in [2.75, 3.05) is 14.2 Å². The molecule has 0 fully saturated rings. The van der Waals surface area contributed by atoms with Gasteiger partial charge in [-0.25, -0.2) is 9.37 Å². The second-order valence-electron chi connectivity index (χ2n) is 7.39. The van der Waals surface area contributed by atoms with Gasteiger partial charge in [-0.3, -0.25) is 9.69 Å². The van der Waals surface area contributed by atoms with Crippen molar-refractivity contribution in [2.24, 2.45) is 0 Å². The van der Waals surface area contributed by atoms with E-state index < -0.39 is 6.04 Å². The molecule has 3 aromatic rings. The van der Waals surface area contributed by atoms with Gasteiger partial charge in [0.05, 0.1) is 31.9 Å². The van der Waals surface area contributed by atoms with Gasteiger partial charge in [0.1, 0.15) is 17.6 Å². The lowest BCUT2D eigenvalue weighted by atomic mass is 10.0. The van der Waals surface area contributed by atoms with Crippen molar-refractivity contribution in [1.29, 1.82) is 0 Å². The first-order chi connectivity index (χ1) is 14.6. The molecule has 1 aliphatic heterocycles. The topological polar surface area (TPSA) is 56.6 Å². The summed E-state index contributed by atoms with van der Waals surface area (Å²) in [6.07, 6.45) is 2.31. The van der Waals surface area contributed by atoms with E-state index >= 15 is 0 Å². The van der Waals surface area contributed by atoms with Crippen LogP contribution in [0.1, 0.15) is 22.5 Å². The number of fused-ring (bicyclic) bond motifs is 1. The standard InChI is InChI=1S/C23H24FN3O3/c1-29-19-9-5-17(6-10-19)13-27-15-25-20-11-21(23(28)30-2)26(14-22(20)27)12-16-3-7-18(24)8-4-16/h3-10,15,21H,11-14H2,1-2H3/t21-/m0/s1. The molecule has 1 atom stereocenters. The first-order valence-electron chi connectivity index (χ1n) is 9.79. The molecule has 0 bridgehead atoms. The first kappa shape index (κ1) is 20.1. The van der Waals surface area contributed by atoms with Gasteiger partial charge in [0, 0.05) is 26.1 Å². The molecule has 0 radical (unpaired) electrons. The third-order valence-corrected chi connectivity index (χ3v) is 5.50. The number of esters is 1. The van der Waals surface area contributed by atoms with E-state index in [1.165, 1.54) is 19.2 Å². The molecule has 2 aromatic carbocycles. The number of halogens is 1. The number of hydrogen-bond donors (Lipinski definition) is 0. The lowest BCUT2D eigenvalue weighted by Gasteiger charge is -2.34. The molecule has 1 aliphatic rings. The summed E-state index contributed by atoms with van der Waals surface area (Å²) in [5, 5.41) is 0. The van der Waals surface area contributed by atoms with Crippen LogP contribution in [0.15, 0.2) is 54.9 Å². The normalized spacial score (nSPS) is 16.2. The quantitative estimate of drug-likeness (QED) is 0.586. The molecule has 6 nitrogen and oxygen atoms in total. The first-order valence-corrected chi connectivity index (χ1v) is 9.79. The highest BCUT2D eigenvalue weighted by molar-refractivity contribution is 5.76. The molecule has 0 aliphatic carbocycles. The minimum Gasteiger partial charge on any atom is -0.497 e. The van der Waals surface area contributed by atoms with Crippen molar-refractivity contribution in [1.82, 2.24) is 14.5 Å². The Labute approximate surface area is 174 Å². The summed E-state index contributed by atoms with van der Waals surface area (Å²) in [4.78, 5) is 19.0. The number of imidazole rings is 1. The zero-order chi connectivity index (χ0) is 21.1. The van der Waals surface area contributed by atoms with E-state index in [4.69, 9.17) is 9.47 Å². The Kier molecular flexibility index (Phi) is 5.81. The molecule has 7 heteroatoms. The van der Waals surface area contributed by atoms with Crippen molar-refractivity contribution in [3.63, 3.8) is 0 Å². The molecule has 0 spiro atoms. The van der Waals surface area contributed by atoms with Crippen LogP contribution in [0.25, 0.3) is 0 Å². The minimum absolute atomic E-state index is 0.276. The molecule has 0 unspecified atom stereocenters. The number of hydrogen-bond acceptors (Lipinski definition) is 5. The fourth-order valence-corrected chi connectivity index (χ4v) is 3.84. The smallest absolute Gasteiger partial charge is 0.323 e. The van der Waals surface area contributed by atoms with Crippen LogP contribution in [-0.4, -0.2) is 40.7 Å². The molecule has 156 valence electrons. The van der Waals surface area contributed by atoms with Crippen molar-refractivity contribution in [3.05, 3.63) is 83.2 Å². The van der Waals surface area contributed by atoms with Crippen LogP contribution in [-0.2, 0) is 35.6 Å². The molecule has 4 rings (SSSR count). The Morgan fingerprint density at radius 3 is 2.40 bits per heavy atom. The number of rotatable bonds is 6. The van der Waals surface area contributed by atoms with Crippen molar-refractivity contribution in [2.45, 2.75) is 32.1 Å². The number of carbonyl (C=O) groups excluding carboxylic acids is 1. The van der Waals surface area contributed by atoms with Gasteiger partial charge in [-0.2, -0.15) is 0 Å². The minimum atomic E-state index is -0.420. The third-order valence-electron chi connectivity index (χ3n) is 5.50. The monoisotopic (exact) mass is 409 g/mol. The van der Waals surface area contributed by atoms with Crippen LogP contribution in [0, 0.1) is 5.82 Å². The zero-order valence-corrected chi connectivity index (χ0v) is 17.0. The number of benzene rings is 2. The SMILES string of the molecule is COC(=O)[C@@H]1Cc2ncn(Cc3ccc(OC)cc3)c2CN1Cc1ccc(F)cc1. The van der Waals surface area contributed by atoms with Gasteiger partial charge in [0.2, 0.25) is 0 Å². The van der Waals surface area contributed by atoms with Crippen LogP contribution in [0.5, 0.6) is 5.75 Å². The maximum atomic E-state index is 13.3. The molecule has 2 heterocycles. The number of methoxy groups -OCH3 is 2. The highest BCUT2D eigenvalue weighted by Crippen LogP contribution is 2.26. The van der Waals surface area contributed by atoms with Gasteiger partial charge in [-0.1, -0.05) is 24.3 Å². The molecular weight excluding hydrogens is 385 g/mol. The van der Waals surface area contributed by atoms with Crippen molar-refractivity contribution < 1.29 is 18.7 Å². The summed E-state index contributed by atoms with van der Waals surface area (Å²) in [5.74, 6) is 0.257. The highest BCUT2D eigenvalue weighted by Gasteiger charge is 2.34. The highest BCUT2D eigenvalue weighted by atomic mass is 19.1. The Balaban J connectivity index is 1.58. The average Bonchev–Trinajstić information content (AvgIpc) is 3.16. The Hall–Kier alpha value is -3.19. The van der Waals surface area contributed by atoms with E-state index in [0.29, 0.717) is 26.1 Å². The summed E-state index contributed by atoms with van der Waals surface area (Å²) in [6, 6.07) is 13.9. The van der Waals surface area contributed by atoms with E-state index in [9.17, 15) is 9.18 Å². The molecular formula is C23H24FN3O3. The lowest BCUT2D eigenvalue weighted by molar-refractivity contribution is -0.148. The molecule has 0 saturated carbocycles. The van der Waals surface area contributed by atoms with Crippen LogP contribution >= 0.6 is 0 Å². The molecule has 0 amide bonds. The number of aromatic nitrogens is 2. The van der Waals surface area contributed by atoms with Crippen LogP contribution in [0.4, 0.5) is 4.39 Å². The van der Waals surface area contributed by atoms with Gasteiger partial charge in [-0.05, 0) is 35.4 Å². The number of carbonyl (C=O) groups is 1. The maximum absolute atomic E-state index is 13.3. The second-order valence-corrected chi connectivity index (χ2v) is 7.39. The Bertz CT molecular complexity index is 1020. The predicted molar refractivity (Wildman–Crippen MR) is 109 cm³/mol. The largest absolute Gasteiger partial charge is 0.497 e. The van der Waals surface area contributed by atoms with Crippen molar-refractivity contribution >= 4 is 5.97 Å². The number of nitrogens with zero attached hydrogens (tertiary/aromatic N) is 3. The van der Waals surface area contributed by atoms with Gasteiger partial charge in [0.25, 0.3) is 0 Å². The van der Waals surface area contributed by atoms with Gasteiger partial charge in [0.15, 0.2) is 0 Å².